The maximum Gasteiger partial charge on any atom is 0.239 e. The van der Waals surface area contributed by atoms with E-state index in [0.29, 0.717) is 13.0 Å². The molecule has 7 heteroatoms. The molecule has 0 spiro atoms. The predicted octanol–water partition coefficient (Wildman–Crippen LogP) is 2.91. The second kappa shape index (κ2) is 9.94. The summed E-state index contributed by atoms with van der Waals surface area (Å²) >= 11 is 3.46. The maximum atomic E-state index is 13.2. The molecule has 2 aliphatic heterocycles. The van der Waals surface area contributed by atoms with Gasteiger partial charge in [-0.3, -0.25) is 14.5 Å². The Bertz CT molecular complexity index is 915. The summed E-state index contributed by atoms with van der Waals surface area (Å²) in [4.78, 5) is 32.6. The lowest BCUT2D eigenvalue weighted by Crippen LogP contribution is -2.48. The molecule has 4 rings (SSSR count). The van der Waals surface area contributed by atoms with Gasteiger partial charge < -0.3 is 15.1 Å². The molecular weight excluding hydrogens is 456 g/mol. The normalized spacial score (nSPS) is 21.3. The van der Waals surface area contributed by atoms with E-state index in [9.17, 15) is 9.59 Å². The zero-order valence-corrected chi connectivity index (χ0v) is 19.4. The third-order valence-corrected chi connectivity index (χ3v) is 6.69. The van der Waals surface area contributed by atoms with E-state index in [-0.39, 0.29) is 17.9 Å². The van der Waals surface area contributed by atoms with Crippen molar-refractivity contribution in [3.63, 3.8) is 0 Å². The van der Waals surface area contributed by atoms with Crippen LogP contribution in [0, 0.1) is 5.92 Å². The number of rotatable bonds is 6. The molecule has 2 heterocycles. The van der Waals surface area contributed by atoms with Gasteiger partial charge in [-0.2, -0.15) is 0 Å². The van der Waals surface area contributed by atoms with Gasteiger partial charge >= 0.3 is 0 Å². The van der Waals surface area contributed by atoms with E-state index in [0.717, 1.165) is 48.4 Å². The van der Waals surface area contributed by atoms with E-state index in [1.807, 2.05) is 54.6 Å². The Morgan fingerprint density at radius 3 is 2.52 bits per heavy atom. The topological polar surface area (TPSA) is 55.9 Å². The monoisotopic (exact) mass is 484 g/mol. The molecule has 2 aromatic carbocycles. The average Bonchev–Trinajstić information content (AvgIpc) is 3.17. The number of likely N-dealkylation sites (N-methyl/N-ethyl adjacent to an activating group) is 1. The van der Waals surface area contributed by atoms with E-state index in [4.69, 9.17) is 0 Å². The van der Waals surface area contributed by atoms with Crippen molar-refractivity contribution in [1.29, 1.82) is 0 Å². The van der Waals surface area contributed by atoms with Crippen molar-refractivity contribution in [3.8, 4) is 0 Å². The molecule has 0 bridgehead atoms. The van der Waals surface area contributed by atoms with Crippen molar-refractivity contribution in [2.75, 3.05) is 51.2 Å². The standard InChI is InChI=1S/C24H29BrN4O2/c1-27-12-14-28(15-13-27)17-22(18-6-3-2-4-7-18)26-23(30)21-10-11-29(24(21)31)20-9-5-8-19(25)16-20/h2-9,16,21-22H,10-15,17H2,1H3,(H,26,30). The molecule has 0 aliphatic carbocycles. The molecule has 2 aromatic rings. The summed E-state index contributed by atoms with van der Waals surface area (Å²) < 4.78 is 0.919. The van der Waals surface area contributed by atoms with Crippen LogP contribution >= 0.6 is 15.9 Å². The molecule has 2 aliphatic rings. The number of halogens is 1. The number of carbonyl (C=O) groups is 2. The van der Waals surface area contributed by atoms with Crippen molar-refractivity contribution in [3.05, 3.63) is 64.6 Å². The fourth-order valence-corrected chi connectivity index (χ4v) is 4.69. The molecular formula is C24H29BrN4O2. The Kier molecular flexibility index (Phi) is 7.05. The minimum Gasteiger partial charge on any atom is -0.347 e. The highest BCUT2D eigenvalue weighted by atomic mass is 79.9. The highest BCUT2D eigenvalue weighted by molar-refractivity contribution is 9.10. The summed E-state index contributed by atoms with van der Waals surface area (Å²) in [7, 11) is 2.14. The van der Waals surface area contributed by atoms with Crippen LogP contribution in [0.1, 0.15) is 18.0 Å². The van der Waals surface area contributed by atoms with Gasteiger partial charge in [-0.1, -0.05) is 52.3 Å². The van der Waals surface area contributed by atoms with E-state index in [1.165, 1.54) is 0 Å². The third kappa shape index (κ3) is 5.34. The quantitative estimate of drug-likeness (QED) is 0.640. The van der Waals surface area contributed by atoms with E-state index in [2.05, 4.69) is 38.1 Å². The van der Waals surface area contributed by atoms with Gasteiger partial charge in [0.15, 0.2) is 0 Å². The Balaban J connectivity index is 1.45. The first-order chi connectivity index (χ1) is 15.0. The van der Waals surface area contributed by atoms with Crippen LogP contribution in [-0.4, -0.2) is 67.9 Å². The van der Waals surface area contributed by atoms with Crippen molar-refractivity contribution in [2.45, 2.75) is 12.5 Å². The van der Waals surface area contributed by atoms with Gasteiger partial charge in [0.2, 0.25) is 11.8 Å². The predicted molar refractivity (Wildman–Crippen MR) is 126 cm³/mol. The molecule has 31 heavy (non-hydrogen) atoms. The van der Waals surface area contributed by atoms with E-state index in [1.54, 1.807) is 4.90 Å². The first-order valence-corrected chi connectivity index (χ1v) is 11.6. The van der Waals surface area contributed by atoms with Gasteiger partial charge in [-0.05, 0) is 37.2 Å². The zero-order valence-electron chi connectivity index (χ0n) is 17.8. The van der Waals surface area contributed by atoms with Crippen LogP contribution in [0.25, 0.3) is 0 Å². The second-order valence-electron chi connectivity index (χ2n) is 8.39. The van der Waals surface area contributed by atoms with Crippen LogP contribution in [0.3, 0.4) is 0 Å². The minimum atomic E-state index is -0.641. The van der Waals surface area contributed by atoms with Crippen LogP contribution in [0.4, 0.5) is 5.69 Å². The molecule has 2 saturated heterocycles. The Morgan fingerprint density at radius 1 is 1.06 bits per heavy atom. The summed E-state index contributed by atoms with van der Waals surface area (Å²) in [5.74, 6) is -0.940. The van der Waals surface area contributed by atoms with E-state index >= 15 is 0 Å². The van der Waals surface area contributed by atoms with Gasteiger partial charge in [-0.25, -0.2) is 0 Å². The molecule has 2 fully saturated rings. The number of amides is 2. The first kappa shape index (κ1) is 22.0. The van der Waals surface area contributed by atoms with Crippen molar-refractivity contribution in [2.24, 2.45) is 5.92 Å². The summed E-state index contributed by atoms with van der Waals surface area (Å²) in [5.41, 5.74) is 1.90. The Morgan fingerprint density at radius 2 is 1.81 bits per heavy atom. The van der Waals surface area contributed by atoms with Crippen LogP contribution in [0.2, 0.25) is 0 Å². The number of piperazine rings is 1. The highest BCUT2D eigenvalue weighted by Gasteiger charge is 2.38. The summed E-state index contributed by atoms with van der Waals surface area (Å²) in [6.07, 6.45) is 0.535. The van der Waals surface area contributed by atoms with Crippen LogP contribution in [-0.2, 0) is 9.59 Å². The fourth-order valence-electron chi connectivity index (χ4n) is 4.30. The second-order valence-corrected chi connectivity index (χ2v) is 9.30. The average molecular weight is 485 g/mol. The van der Waals surface area contributed by atoms with Gasteiger partial charge in [0.25, 0.3) is 0 Å². The number of carbonyl (C=O) groups excluding carboxylic acids is 2. The number of hydrogen-bond acceptors (Lipinski definition) is 4. The largest absolute Gasteiger partial charge is 0.347 e. The summed E-state index contributed by atoms with van der Waals surface area (Å²) in [5, 5.41) is 3.20. The van der Waals surface area contributed by atoms with Crippen LogP contribution in [0.15, 0.2) is 59.1 Å². The third-order valence-electron chi connectivity index (χ3n) is 6.20. The maximum absolute atomic E-state index is 13.2. The van der Waals surface area contributed by atoms with E-state index < -0.39 is 5.92 Å². The van der Waals surface area contributed by atoms with Crippen LogP contribution in [0.5, 0.6) is 0 Å². The first-order valence-electron chi connectivity index (χ1n) is 10.8. The molecule has 2 unspecified atom stereocenters. The molecule has 2 amide bonds. The number of benzene rings is 2. The lowest BCUT2D eigenvalue weighted by atomic mass is 10.0. The van der Waals surface area contributed by atoms with Crippen molar-refractivity contribution >= 4 is 33.4 Å². The zero-order chi connectivity index (χ0) is 21.8. The van der Waals surface area contributed by atoms with Gasteiger partial charge in [0.1, 0.15) is 5.92 Å². The van der Waals surface area contributed by atoms with Crippen LogP contribution < -0.4 is 10.2 Å². The minimum absolute atomic E-state index is 0.123. The highest BCUT2D eigenvalue weighted by Crippen LogP contribution is 2.28. The Labute approximate surface area is 192 Å². The summed E-state index contributed by atoms with van der Waals surface area (Å²) in [6.45, 7) is 5.32. The molecule has 164 valence electrons. The molecule has 0 radical (unpaired) electrons. The molecule has 2 atom stereocenters. The molecule has 0 aromatic heterocycles. The lowest BCUT2D eigenvalue weighted by molar-refractivity contribution is -0.132. The Hall–Kier alpha value is -2.22. The number of nitrogens with zero attached hydrogens (tertiary/aromatic N) is 3. The lowest BCUT2D eigenvalue weighted by Gasteiger charge is -2.35. The number of nitrogens with one attached hydrogen (secondary N) is 1. The van der Waals surface area contributed by atoms with Gasteiger partial charge in [0.05, 0.1) is 6.04 Å². The molecule has 1 N–H and O–H groups in total. The molecule has 6 nitrogen and oxygen atoms in total. The van der Waals surface area contributed by atoms with Crippen molar-refractivity contribution < 1.29 is 9.59 Å². The number of hydrogen-bond donors (Lipinski definition) is 1. The van der Waals surface area contributed by atoms with Gasteiger partial charge in [0, 0.05) is 49.4 Å². The fraction of sp³-hybridized carbons (Fsp3) is 0.417. The smallest absolute Gasteiger partial charge is 0.239 e. The molecule has 0 saturated carbocycles. The number of anilines is 1. The summed E-state index contributed by atoms with van der Waals surface area (Å²) in [6, 6.07) is 17.6. The SMILES string of the molecule is CN1CCN(CC(NC(=O)C2CCN(c3cccc(Br)c3)C2=O)c2ccccc2)CC1. The van der Waals surface area contributed by atoms with Gasteiger partial charge in [-0.15, -0.1) is 0 Å². The van der Waals surface area contributed by atoms with Crippen molar-refractivity contribution in [1.82, 2.24) is 15.1 Å².